The molecule has 0 aromatic carbocycles. The molecule has 51 valence electrons. The fraction of sp³-hybridized carbons (Fsp3) is 0.250. The first-order chi connectivity index (χ1) is 4.20. The van der Waals surface area contributed by atoms with Gasteiger partial charge in [-0.1, -0.05) is 0 Å². The number of hydrogen-bond donors (Lipinski definition) is 2. The monoisotopic (exact) mass is 149 g/mol. The van der Waals surface area contributed by atoms with Gasteiger partial charge in [-0.05, 0) is 0 Å². The quantitative estimate of drug-likeness (QED) is 0.509. The van der Waals surface area contributed by atoms with Crippen LogP contribution in [0.3, 0.4) is 0 Å². The van der Waals surface area contributed by atoms with E-state index in [0.717, 1.165) is 0 Å². The Bertz CT molecular complexity index is 112. The van der Waals surface area contributed by atoms with Crippen LogP contribution in [0.4, 0.5) is 4.79 Å². The zero-order valence-electron chi connectivity index (χ0n) is 4.61. The number of carbonyl (C=O) groups is 2. The number of imide groups is 1. The lowest BCUT2D eigenvalue weighted by Gasteiger charge is -1.97. The van der Waals surface area contributed by atoms with Crippen molar-refractivity contribution in [3.8, 4) is 0 Å². The molecule has 0 aromatic rings. The molecule has 0 atom stereocenters. The molecule has 0 saturated heterocycles. The van der Waals surface area contributed by atoms with Crippen molar-refractivity contribution in [2.75, 3.05) is 5.88 Å². The summed E-state index contributed by atoms with van der Waals surface area (Å²) in [5.74, 6) is -0.772. The lowest BCUT2D eigenvalue weighted by molar-refractivity contribution is -0.117. The average molecular weight is 150 g/mol. The Hall–Kier alpha value is -0.770. The first-order valence-corrected chi connectivity index (χ1v) is 2.67. The van der Waals surface area contributed by atoms with Crippen LogP contribution in [-0.2, 0) is 4.79 Å². The van der Waals surface area contributed by atoms with Crippen molar-refractivity contribution in [1.29, 1.82) is 0 Å². The lowest BCUT2D eigenvalue weighted by Crippen LogP contribution is -2.37. The molecular formula is C4H6ClN2O2. The van der Waals surface area contributed by atoms with Gasteiger partial charge in [0.1, 0.15) is 5.88 Å². The van der Waals surface area contributed by atoms with Gasteiger partial charge in [0.2, 0.25) is 5.91 Å². The summed E-state index contributed by atoms with van der Waals surface area (Å²) in [5.41, 5.74) is 0. The van der Waals surface area contributed by atoms with E-state index in [1.807, 2.05) is 10.6 Å². The van der Waals surface area contributed by atoms with Gasteiger partial charge < -0.3 is 5.32 Å². The maximum atomic E-state index is 10.2. The van der Waals surface area contributed by atoms with Crippen LogP contribution in [0.2, 0.25) is 0 Å². The van der Waals surface area contributed by atoms with E-state index in [1.54, 1.807) is 0 Å². The summed E-state index contributed by atoms with van der Waals surface area (Å²) in [6.07, 6.45) is 0. The van der Waals surface area contributed by atoms with Gasteiger partial charge in [-0.15, -0.1) is 11.6 Å². The summed E-state index contributed by atoms with van der Waals surface area (Å²) in [6, 6.07) is -0.652. The second-order valence-corrected chi connectivity index (χ2v) is 1.45. The highest BCUT2D eigenvalue weighted by atomic mass is 35.5. The molecular weight excluding hydrogens is 144 g/mol. The van der Waals surface area contributed by atoms with Gasteiger partial charge in [-0.2, -0.15) is 0 Å². The number of urea groups is 1. The van der Waals surface area contributed by atoms with Crippen LogP contribution in [0.25, 0.3) is 0 Å². The zero-order chi connectivity index (χ0) is 7.28. The van der Waals surface area contributed by atoms with Gasteiger partial charge in [0, 0.05) is 7.05 Å². The van der Waals surface area contributed by atoms with Crippen LogP contribution in [0.1, 0.15) is 0 Å². The molecule has 0 aromatic heterocycles. The minimum absolute atomic E-state index is 0.229. The van der Waals surface area contributed by atoms with Crippen molar-refractivity contribution in [1.82, 2.24) is 10.6 Å². The number of carbonyl (C=O) groups excluding carboxylic acids is 2. The van der Waals surface area contributed by atoms with Crippen LogP contribution in [-0.4, -0.2) is 17.8 Å². The molecule has 0 bridgehead atoms. The van der Waals surface area contributed by atoms with Crippen molar-refractivity contribution in [3.63, 3.8) is 0 Å². The molecule has 0 rings (SSSR count). The first-order valence-electron chi connectivity index (χ1n) is 2.13. The molecule has 0 aliphatic heterocycles. The van der Waals surface area contributed by atoms with Crippen molar-refractivity contribution >= 4 is 23.5 Å². The van der Waals surface area contributed by atoms with E-state index in [1.165, 1.54) is 0 Å². The van der Waals surface area contributed by atoms with E-state index in [2.05, 4.69) is 7.05 Å². The van der Waals surface area contributed by atoms with Gasteiger partial charge in [0.15, 0.2) is 0 Å². The SMILES string of the molecule is [CH2]NC(=O)NC(=O)CCl. The molecule has 0 fully saturated rings. The maximum Gasteiger partial charge on any atom is 0.321 e. The predicted molar refractivity (Wildman–Crippen MR) is 32.8 cm³/mol. The molecule has 4 nitrogen and oxygen atoms in total. The molecule has 9 heavy (non-hydrogen) atoms. The van der Waals surface area contributed by atoms with Gasteiger partial charge in [0.25, 0.3) is 0 Å². The Morgan fingerprint density at radius 1 is 1.56 bits per heavy atom. The molecule has 0 heterocycles. The number of nitrogens with one attached hydrogen (secondary N) is 2. The molecule has 5 heteroatoms. The Kier molecular flexibility index (Phi) is 3.79. The van der Waals surface area contributed by atoms with E-state index >= 15 is 0 Å². The maximum absolute atomic E-state index is 10.2. The van der Waals surface area contributed by atoms with Crippen molar-refractivity contribution in [2.45, 2.75) is 0 Å². The largest absolute Gasteiger partial charge is 0.336 e. The predicted octanol–water partition coefficient (Wildman–Crippen LogP) is -0.157. The number of alkyl halides is 1. The Morgan fingerprint density at radius 2 is 2.11 bits per heavy atom. The van der Waals surface area contributed by atoms with E-state index < -0.39 is 11.9 Å². The van der Waals surface area contributed by atoms with Gasteiger partial charge in [-0.25, -0.2) is 4.79 Å². The molecule has 1 radical (unpaired) electrons. The van der Waals surface area contributed by atoms with E-state index in [9.17, 15) is 9.59 Å². The smallest absolute Gasteiger partial charge is 0.321 e. The van der Waals surface area contributed by atoms with Gasteiger partial charge in [-0.3, -0.25) is 10.1 Å². The highest BCUT2D eigenvalue weighted by Crippen LogP contribution is 1.72. The van der Waals surface area contributed by atoms with Crippen molar-refractivity contribution < 1.29 is 9.59 Å². The number of amides is 3. The second-order valence-electron chi connectivity index (χ2n) is 1.19. The molecule has 2 N–H and O–H groups in total. The normalized spacial score (nSPS) is 8.22. The highest BCUT2D eigenvalue weighted by Gasteiger charge is 2.01. The summed E-state index contributed by atoms with van der Waals surface area (Å²) in [5, 5.41) is 3.85. The Labute approximate surface area is 57.6 Å². The minimum atomic E-state index is -0.652. The Morgan fingerprint density at radius 3 is 2.44 bits per heavy atom. The lowest BCUT2D eigenvalue weighted by atomic mass is 10.7. The fourth-order valence-electron chi connectivity index (χ4n) is 0.204. The summed E-state index contributed by atoms with van der Waals surface area (Å²) < 4.78 is 0. The van der Waals surface area contributed by atoms with Crippen LogP contribution < -0.4 is 10.6 Å². The van der Waals surface area contributed by atoms with Crippen LogP contribution in [0.15, 0.2) is 0 Å². The minimum Gasteiger partial charge on any atom is -0.336 e. The molecule has 0 aliphatic carbocycles. The highest BCUT2D eigenvalue weighted by molar-refractivity contribution is 6.28. The molecule has 0 saturated carbocycles. The summed E-state index contributed by atoms with van der Waals surface area (Å²) in [6.45, 7) is 0. The van der Waals surface area contributed by atoms with Crippen LogP contribution in [0, 0.1) is 7.05 Å². The van der Waals surface area contributed by atoms with E-state index in [4.69, 9.17) is 11.6 Å². The van der Waals surface area contributed by atoms with Gasteiger partial charge >= 0.3 is 6.03 Å². The third-order valence-corrected chi connectivity index (χ3v) is 0.778. The van der Waals surface area contributed by atoms with E-state index in [-0.39, 0.29) is 5.88 Å². The molecule has 0 spiro atoms. The second kappa shape index (κ2) is 4.14. The summed E-state index contributed by atoms with van der Waals surface area (Å²) >= 11 is 5.04. The van der Waals surface area contributed by atoms with E-state index in [0.29, 0.717) is 0 Å². The van der Waals surface area contributed by atoms with Crippen molar-refractivity contribution in [2.24, 2.45) is 0 Å². The molecule has 3 amide bonds. The number of hydrogen-bond acceptors (Lipinski definition) is 2. The molecule has 0 aliphatic rings. The van der Waals surface area contributed by atoms with Crippen molar-refractivity contribution in [3.05, 3.63) is 7.05 Å². The zero-order valence-corrected chi connectivity index (χ0v) is 5.36. The average Bonchev–Trinajstić information content (AvgIpc) is 1.87. The summed E-state index contributed by atoms with van der Waals surface area (Å²) in [7, 11) is 3.02. The Balaban J connectivity index is 3.47. The van der Waals surface area contributed by atoms with Crippen LogP contribution in [0.5, 0.6) is 0 Å². The molecule has 0 unspecified atom stereocenters. The fourth-order valence-corrected chi connectivity index (χ4v) is 0.271. The topological polar surface area (TPSA) is 58.2 Å². The third-order valence-electron chi connectivity index (χ3n) is 0.535. The standard InChI is InChI=1S/C4H6ClN2O2/c1-6-4(9)7-3(8)2-5/h1-2H2,(H2,6,7,8,9). The number of halogens is 1. The first kappa shape index (κ1) is 8.23. The van der Waals surface area contributed by atoms with Gasteiger partial charge in [0.05, 0.1) is 0 Å². The van der Waals surface area contributed by atoms with Crippen LogP contribution >= 0.6 is 11.6 Å². The third kappa shape index (κ3) is 3.78. The number of rotatable bonds is 1. The summed E-state index contributed by atoms with van der Waals surface area (Å²) in [4.78, 5) is 20.5.